The number of halogens is 3. The van der Waals surface area contributed by atoms with Crippen LogP contribution in [0.3, 0.4) is 0 Å². The van der Waals surface area contributed by atoms with E-state index in [1.807, 2.05) is 26.0 Å². The average molecular weight is 264 g/mol. The van der Waals surface area contributed by atoms with Gasteiger partial charge in [-0.2, -0.15) is 13.2 Å². The van der Waals surface area contributed by atoms with Gasteiger partial charge < -0.3 is 0 Å². The molecule has 0 N–H and O–H groups in total. The predicted octanol–water partition coefficient (Wildman–Crippen LogP) is 5.30. The molecule has 0 saturated carbocycles. The maximum Gasteiger partial charge on any atom is 0.417 e. The lowest BCUT2D eigenvalue weighted by Crippen LogP contribution is -2.08. The lowest BCUT2D eigenvalue weighted by Gasteiger charge is -2.16. The average Bonchev–Trinajstić information content (AvgIpc) is 2.28. The fourth-order valence-electron chi connectivity index (χ4n) is 2.24. The van der Waals surface area contributed by atoms with Crippen molar-refractivity contribution in [3.8, 4) is 11.1 Å². The summed E-state index contributed by atoms with van der Waals surface area (Å²) >= 11 is 0. The van der Waals surface area contributed by atoms with Gasteiger partial charge in [0.15, 0.2) is 0 Å². The summed E-state index contributed by atoms with van der Waals surface area (Å²) in [6.45, 7) is 5.43. The topological polar surface area (TPSA) is 0 Å². The maximum atomic E-state index is 13.1. The van der Waals surface area contributed by atoms with Gasteiger partial charge >= 0.3 is 6.18 Å². The third kappa shape index (κ3) is 2.80. The second-order valence-electron chi connectivity index (χ2n) is 4.87. The molecule has 0 bridgehead atoms. The van der Waals surface area contributed by atoms with Crippen LogP contribution in [0.1, 0.15) is 22.3 Å². The molecule has 19 heavy (non-hydrogen) atoms. The van der Waals surface area contributed by atoms with Gasteiger partial charge in [-0.25, -0.2) is 0 Å². The van der Waals surface area contributed by atoms with Gasteiger partial charge in [0.25, 0.3) is 0 Å². The van der Waals surface area contributed by atoms with Crippen LogP contribution in [0.4, 0.5) is 13.2 Å². The van der Waals surface area contributed by atoms with Crippen molar-refractivity contribution in [2.24, 2.45) is 0 Å². The van der Waals surface area contributed by atoms with Crippen LogP contribution in [0.15, 0.2) is 36.4 Å². The van der Waals surface area contributed by atoms with Gasteiger partial charge in [-0.05, 0) is 43.5 Å². The summed E-state index contributed by atoms with van der Waals surface area (Å²) in [6, 6.07) is 9.95. The Hall–Kier alpha value is -1.77. The monoisotopic (exact) mass is 264 g/mol. The van der Waals surface area contributed by atoms with Crippen LogP contribution in [-0.4, -0.2) is 0 Å². The Morgan fingerprint density at radius 1 is 0.737 bits per heavy atom. The molecule has 100 valence electrons. The van der Waals surface area contributed by atoms with Crippen LogP contribution in [-0.2, 0) is 6.18 Å². The quantitative estimate of drug-likeness (QED) is 0.655. The number of hydrogen-bond donors (Lipinski definition) is 0. The number of hydrogen-bond acceptors (Lipinski definition) is 0. The predicted molar refractivity (Wildman–Crippen MR) is 71.1 cm³/mol. The zero-order valence-electron chi connectivity index (χ0n) is 11.1. The van der Waals surface area contributed by atoms with E-state index in [0.29, 0.717) is 11.1 Å². The summed E-state index contributed by atoms with van der Waals surface area (Å²) in [5, 5.41) is 0. The first kappa shape index (κ1) is 13.7. The molecular weight excluding hydrogens is 249 g/mol. The van der Waals surface area contributed by atoms with Gasteiger partial charge in [-0.1, -0.05) is 41.5 Å². The largest absolute Gasteiger partial charge is 0.417 e. The zero-order chi connectivity index (χ0) is 14.2. The number of alkyl halides is 3. The molecular formula is C16H15F3. The van der Waals surface area contributed by atoms with Crippen molar-refractivity contribution in [2.45, 2.75) is 26.9 Å². The van der Waals surface area contributed by atoms with Crippen molar-refractivity contribution < 1.29 is 13.2 Å². The zero-order valence-corrected chi connectivity index (χ0v) is 11.1. The van der Waals surface area contributed by atoms with E-state index in [1.165, 1.54) is 6.07 Å². The molecule has 0 aliphatic heterocycles. The fourth-order valence-corrected chi connectivity index (χ4v) is 2.24. The molecule has 0 nitrogen and oxygen atoms in total. The van der Waals surface area contributed by atoms with E-state index in [1.54, 1.807) is 25.1 Å². The Morgan fingerprint density at radius 2 is 1.26 bits per heavy atom. The minimum atomic E-state index is -4.33. The van der Waals surface area contributed by atoms with Gasteiger partial charge in [0, 0.05) is 0 Å². The number of aryl methyl sites for hydroxylation is 3. The summed E-state index contributed by atoms with van der Waals surface area (Å²) in [5.41, 5.74) is 2.82. The lowest BCUT2D eigenvalue weighted by molar-refractivity contribution is -0.137. The highest BCUT2D eigenvalue weighted by atomic mass is 19.4. The lowest BCUT2D eigenvalue weighted by atomic mass is 9.93. The van der Waals surface area contributed by atoms with E-state index in [9.17, 15) is 13.2 Å². The highest BCUT2D eigenvalue weighted by molar-refractivity contribution is 5.72. The molecule has 0 aliphatic carbocycles. The third-order valence-electron chi connectivity index (χ3n) is 3.15. The molecule has 0 atom stereocenters. The number of benzene rings is 2. The first-order chi connectivity index (χ1) is 8.79. The molecule has 0 heterocycles. The molecule has 0 fully saturated rings. The Morgan fingerprint density at radius 3 is 1.79 bits per heavy atom. The first-order valence-electron chi connectivity index (χ1n) is 6.04. The van der Waals surface area contributed by atoms with E-state index in [0.717, 1.165) is 11.1 Å². The molecule has 0 aliphatic rings. The molecule has 0 saturated heterocycles. The van der Waals surface area contributed by atoms with Crippen molar-refractivity contribution in [1.82, 2.24) is 0 Å². The normalized spacial score (nSPS) is 11.7. The summed E-state index contributed by atoms with van der Waals surface area (Å²) in [7, 11) is 0. The Kier molecular flexibility index (Phi) is 3.40. The molecule has 2 aromatic carbocycles. The van der Waals surface area contributed by atoms with Gasteiger partial charge in [-0.3, -0.25) is 0 Å². The fraction of sp³-hybridized carbons (Fsp3) is 0.250. The second kappa shape index (κ2) is 4.72. The van der Waals surface area contributed by atoms with E-state index in [2.05, 4.69) is 0 Å². The van der Waals surface area contributed by atoms with Crippen LogP contribution in [0.25, 0.3) is 11.1 Å². The molecule has 0 aromatic heterocycles. The van der Waals surface area contributed by atoms with E-state index < -0.39 is 11.7 Å². The van der Waals surface area contributed by atoms with Crippen LogP contribution < -0.4 is 0 Å². The molecule has 2 rings (SSSR count). The van der Waals surface area contributed by atoms with Crippen LogP contribution in [0, 0.1) is 20.8 Å². The summed E-state index contributed by atoms with van der Waals surface area (Å²) in [5.74, 6) is 0. The van der Waals surface area contributed by atoms with E-state index >= 15 is 0 Å². The molecule has 0 radical (unpaired) electrons. The summed E-state index contributed by atoms with van der Waals surface area (Å²) in [6.07, 6.45) is -4.33. The van der Waals surface area contributed by atoms with Crippen molar-refractivity contribution in [3.63, 3.8) is 0 Å². The molecule has 0 unspecified atom stereocenters. The SMILES string of the molecule is Cc1ccc(-c2ccc(C)cc2C(F)(F)F)c(C)c1. The van der Waals surface area contributed by atoms with Crippen molar-refractivity contribution in [2.75, 3.05) is 0 Å². The molecule has 0 spiro atoms. The number of rotatable bonds is 1. The Balaban J connectivity index is 2.68. The van der Waals surface area contributed by atoms with Crippen LogP contribution in [0.2, 0.25) is 0 Å². The van der Waals surface area contributed by atoms with Gasteiger partial charge in [0.05, 0.1) is 5.56 Å². The minimum absolute atomic E-state index is 0.246. The second-order valence-corrected chi connectivity index (χ2v) is 4.87. The maximum absolute atomic E-state index is 13.1. The highest BCUT2D eigenvalue weighted by Gasteiger charge is 2.33. The van der Waals surface area contributed by atoms with Crippen molar-refractivity contribution >= 4 is 0 Å². The summed E-state index contributed by atoms with van der Waals surface area (Å²) in [4.78, 5) is 0. The van der Waals surface area contributed by atoms with Gasteiger partial charge in [0.2, 0.25) is 0 Å². The van der Waals surface area contributed by atoms with Crippen LogP contribution in [0.5, 0.6) is 0 Å². The molecule has 3 heteroatoms. The first-order valence-corrected chi connectivity index (χ1v) is 6.04. The minimum Gasteiger partial charge on any atom is -0.166 e. The molecule has 2 aromatic rings. The standard InChI is InChI=1S/C16H15F3/c1-10-4-6-13(12(3)8-10)14-7-5-11(2)9-15(14)16(17,18)19/h4-9H,1-3H3. The molecule has 0 amide bonds. The van der Waals surface area contributed by atoms with Crippen molar-refractivity contribution in [3.05, 3.63) is 58.7 Å². The third-order valence-corrected chi connectivity index (χ3v) is 3.15. The smallest absolute Gasteiger partial charge is 0.166 e. The Bertz CT molecular complexity index is 610. The highest BCUT2D eigenvalue weighted by Crippen LogP contribution is 2.38. The van der Waals surface area contributed by atoms with Gasteiger partial charge in [-0.15, -0.1) is 0 Å². The Labute approximate surface area is 110 Å². The van der Waals surface area contributed by atoms with Crippen molar-refractivity contribution in [1.29, 1.82) is 0 Å². The van der Waals surface area contributed by atoms with Gasteiger partial charge in [0.1, 0.15) is 0 Å². The van der Waals surface area contributed by atoms with E-state index in [4.69, 9.17) is 0 Å². The van der Waals surface area contributed by atoms with Crippen LogP contribution >= 0.6 is 0 Å². The summed E-state index contributed by atoms with van der Waals surface area (Å²) < 4.78 is 39.4. The van der Waals surface area contributed by atoms with E-state index in [-0.39, 0.29) is 5.56 Å².